The Morgan fingerprint density at radius 3 is 2.64 bits per heavy atom. The number of hydrogen-bond acceptors (Lipinski definition) is 2. The predicted octanol–water partition coefficient (Wildman–Crippen LogP) is 0.514. The summed E-state index contributed by atoms with van der Waals surface area (Å²) in [5.41, 5.74) is -0.475. The van der Waals surface area contributed by atoms with Crippen molar-refractivity contribution >= 4 is 0 Å². The predicted molar refractivity (Wildman–Crippen MR) is 45.1 cm³/mol. The fraction of sp³-hybridized carbons (Fsp3) is 0.778. The maximum absolute atomic E-state index is 9.87. The third kappa shape index (κ3) is 2.53. The summed E-state index contributed by atoms with van der Waals surface area (Å²) in [5, 5.41) is 13.1. The van der Waals surface area contributed by atoms with Crippen LogP contribution < -0.4 is 5.32 Å². The van der Waals surface area contributed by atoms with Crippen molar-refractivity contribution in [3.05, 3.63) is 0 Å². The van der Waals surface area contributed by atoms with Crippen LogP contribution >= 0.6 is 0 Å². The second kappa shape index (κ2) is 3.75. The van der Waals surface area contributed by atoms with Gasteiger partial charge >= 0.3 is 0 Å². The molecule has 1 fully saturated rings. The average molecular weight is 153 g/mol. The van der Waals surface area contributed by atoms with E-state index in [4.69, 9.17) is 6.42 Å². The fourth-order valence-electron chi connectivity index (χ4n) is 1.45. The monoisotopic (exact) mass is 153 g/mol. The summed E-state index contributed by atoms with van der Waals surface area (Å²) in [5.74, 6) is 2.56. The van der Waals surface area contributed by atoms with Crippen molar-refractivity contribution in [2.24, 2.45) is 0 Å². The Morgan fingerprint density at radius 1 is 1.45 bits per heavy atom. The van der Waals surface area contributed by atoms with Gasteiger partial charge in [0.2, 0.25) is 0 Å². The molecule has 1 rings (SSSR count). The zero-order chi connectivity index (χ0) is 8.16. The Labute approximate surface area is 68.0 Å². The molecule has 0 spiro atoms. The molecule has 11 heavy (non-hydrogen) atoms. The zero-order valence-corrected chi connectivity index (χ0v) is 6.77. The third-order valence-corrected chi connectivity index (χ3v) is 2.27. The van der Waals surface area contributed by atoms with E-state index in [-0.39, 0.29) is 0 Å². The van der Waals surface area contributed by atoms with Gasteiger partial charge in [0.05, 0.1) is 5.60 Å². The highest BCUT2D eigenvalue weighted by Gasteiger charge is 2.27. The van der Waals surface area contributed by atoms with Gasteiger partial charge in [-0.3, -0.25) is 0 Å². The molecule has 2 N–H and O–H groups in total. The van der Waals surface area contributed by atoms with Crippen molar-refractivity contribution in [1.82, 2.24) is 5.32 Å². The molecule has 0 unspecified atom stereocenters. The lowest BCUT2D eigenvalue weighted by molar-refractivity contribution is 0.00389. The van der Waals surface area contributed by atoms with Gasteiger partial charge in [0, 0.05) is 6.42 Å². The molecule has 0 aromatic carbocycles. The summed E-state index contributed by atoms with van der Waals surface area (Å²) in [6.07, 6.45) is 8.26. The summed E-state index contributed by atoms with van der Waals surface area (Å²) >= 11 is 0. The minimum absolute atomic E-state index is 0.475. The van der Waals surface area contributed by atoms with Crippen molar-refractivity contribution in [2.45, 2.75) is 31.3 Å². The largest absolute Gasteiger partial charge is 0.390 e. The summed E-state index contributed by atoms with van der Waals surface area (Å²) < 4.78 is 0. The van der Waals surface area contributed by atoms with Gasteiger partial charge in [0.25, 0.3) is 0 Å². The number of aliphatic hydroxyl groups is 1. The van der Waals surface area contributed by atoms with E-state index >= 15 is 0 Å². The molecule has 0 atom stereocenters. The van der Waals surface area contributed by atoms with E-state index < -0.39 is 5.60 Å². The quantitative estimate of drug-likeness (QED) is 0.567. The van der Waals surface area contributed by atoms with Crippen LogP contribution in [0.5, 0.6) is 0 Å². The standard InChI is InChI=1S/C9H15NO/c1-2-3-4-9(11)5-7-10-8-6-9/h1,10-11H,3-8H2. The molecule has 1 aliphatic rings. The molecule has 0 radical (unpaired) electrons. The van der Waals surface area contributed by atoms with E-state index in [0.29, 0.717) is 6.42 Å². The summed E-state index contributed by atoms with van der Waals surface area (Å²) in [4.78, 5) is 0. The van der Waals surface area contributed by atoms with Gasteiger partial charge in [-0.05, 0) is 32.4 Å². The second-order valence-electron chi connectivity index (χ2n) is 3.18. The van der Waals surface area contributed by atoms with Crippen LogP contribution in [0.25, 0.3) is 0 Å². The van der Waals surface area contributed by atoms with Crippen molar-refractivity contribution in [3.63, 3.8) is 0 Å². The lowest BCUT2D eigenvalue weighted by atomic mass is 9.88. The summed E-state index contributed by atoms with van der Waals surface area (Å²) in [6, 6.07) is 0. The molecule has 1 aliphatic heterocycles. The molecule has 0 aromatic rings. The van der Waals surface area contributed by atoms with E-state index in [1.807, 2.05) is 0 Å². The Kier molecular flexibility index (Phi) is 2.92. The van der Waals surface area contributed by atoms with Gasteiger partial charge in [0.1, 0.15) is 0 Å². The van der Waals surface area contributed by atoms with Crippen LogP contribution in [0.3, 0.4) is 0 Å². The first-order chi connectivity index (χ1) is 5.27. The van der Waals surface area contributed by atoms with Gasteiger partial charge in [-0.1, -0.05) is 0 Å². The number of piperidine rings is 1. The zero-order valence-electron chi connectivity index (χ0n) is 6.77. The van der Waals surface area contributed by atoms with E-state index in [1.54, 1.807) is 0 Å². The van der Waals surface area contributed by atoms with E-state index in [0.717, 1.165) is 32.4 Å². The first-order valence-electron chi connectivity index (χ1n) is 4.13. The molecule has 1 saturated heterocycles. The van der Waals surface area contributed by atoms with Crippen LogP contribution in [-0.2, 0) is 0 Å². The van der Waals surface area contributed by atoms with Crippen LogP contribution in [0.4, 0.5) is 0 Å². The minimum atomic E-state index is -0.475. The van der Waals surface area contributed by atoms with E-state index in [2.05, 4.69) is 11.2 Å². The van der Waals surface area contributed by atoms with Crippen molar-refractivity contribution in [2.75, 3.05) is 13.1 Å². The molecule has 62 valence electrons. The van der Waals surface area contributed by atoms with Crippen LogP contribution in [0, 0.1) is 12.3 Å². The lowest BCUT2D eigenvalue weighted by Crippen LogP contribution is -2.41. The molecule has 0 bridgehead atoms. The van der Waals surface area contributed by atoms with Crippen LogP contribution in [-0.4, -0.2) is 23.8 Å². The van der Waals surface area contributed by atoms with Crippen molar-refractivity contribution in [3.8, 4) is 12.3 Å². The van der Waals surface area contributed by atoms with Crippen LogP contribution in [0.2, 0.25) is 0 Å². The Bertz CT molecular complexity index is 153. The Morgan fingerprint density at radius 2 is 2.09 bits per heavy atom. The lowest BCUT2D eigenvalue weighted by Gasteiger charge is -2.31. The van der Waals surface area contributed by atoms with Gasteiger partial charge in [-0.15, -0.1) is 12.3 Å². The fourth-order valence-corrected chi connectivity index (χ4v) is 1.45. The van der Waals surface area contributed by atoms with Crippen LogP contribution in [0.1, 0.15) is 25.7 Å². The SMILES string of the molecule is C#CCCC1(O)CCNCC1. The van der Waals surface area contributed by atoms with Gasteiger partial charge < -0.3 is 10.4 Å². The molecule has 2 heteroatoms. The smallest absolute Gasteiger partial charge is 0.0681 e. The van der Waals surface area contributed by atoms with Gasteiger partial charge in [0.15, 0.2) is 0 Å². The summed E-state index contributed by atoms with van der Waals surface area (Å²) in [7, 11) is 0. The van der Waals surface area contributed by atoms with E-state index in [9.17, 15) is 5.11 Å². The first kappa shape index (κ1) is 8.58. The second-order valence-corrected chi connectivity index (χ2v) is 3.18. The Hall–Kier alpha value is -0.520. The molecular formula is C9H15NO. The molecule has 2 nitrogen and oxygen atoms in total. The van der Waals surface area contributed by atoms with Gasteiger partial charge in [-0.2, -0.15) is 0 Å². The van der Waals surface area contributed by atoms with E-state index in [1.165, 1.54) is 0 Å². The molecule has 0 saturated carbocycles. The molecule has 0 aliphatic carbocycles. The highest BCUT2D eigenvalue weighted by Crippen LogP contribution is 2.22. The minimum Gasteiger partial charge on any atom is -0.390 e. The molecule has 0 amide bonds. The van der Waals surface area contributed by atoms with Crippen molar-refractivity contribution < 1.29 is 5.11 Å². The summed E-state index contributed by atoms with van der Waals surface area (Å²) in [6.45, 7) is 1.84. The highest BCUT2D eigenvalue weighted by molar-refractivity contribution is 4.91. The van der Waals surface area contributed by atoms with Crippen LogP contribution in [0.15, 0.2) is 0 Å². The molecular weight excluding hydrogens is 138 g/mol. The number of nitrogens with one attached hydrogen (secondary N) is 1. The molecule has 1 heterocycles. The third-order valence-electron chi connectivity index (χ3n) is 2.27. The average Bonchev–Trinajstić information content (AvgIpc) is 2.03. The topological polar surface area (TPSA) is 32.3 Å². The maximum Gasteiger partial charge on any atom is 0.0681 e. The number of terminal acetylenes is 1. The number of hydrogen-bond donors (Lipinski definition) is 2. The maximum atomic E-state index is 9.87. The molecule has 0 aromatic heterocycles. The first-order valence-corrected chi connectivity index (χ1v) is 4.13. The van der Waals surface area contributed by atoms with Gasteiger partial charge in [-0.25, -0.2) is 0 Å². The van der Waals surface area contributed by atoms with Crippen molar-refractivity contribution in [1.29, 1.82) is 0 Å². The normalized spacial score (nSPS) is 22.5. The highest BCUT2D eigenvalue weighted by atomic mass is 16.3. The Balaban J connectivity index is 2.32. The number of rotatable bonds is 2.